The van der Waals surface area contributed by atoms with E-state index in [9.17, 15) is 14.7 Å². The van der Waals surface area contributed by atoms with Crippen molar-refractivity contribution in [2.24, 2.45) is 0 Å². The largest absolute Gasteiger partial charge is 0.491 e. The first-order valence-electron chi connectivity index (χ1n) is 11.9. The number of hydrogen-bond donors (Lipinski definition) is 2. The van der Waals surface area contributed by atoms with Gasteiger partial charge < -0.3 is 24.5 Å². The third-order valence-corrected chi connectivity index (χ3v) is 5.59. The molecule has 2 N–H and O–H groups in total. The van der Waals surface area contributed by atoms with Crippen molar-refractivity contribution in [2.45, 2.75) is 32.5 Å². The molecule has 8 nitrogen and oxygen atoms in total. The molecule has 4 aromatic rings. The van der Waals surface area contributed by atoms with Crippen molar-refractivity contribution in [1.29, 1.82) is 0 Å². The Labute approximate surface area is 209 Å². The summed E-state index contributed by atoms with van der Waals surface area (Å²) in [6.45, 7) is 2.74. The van der Waals surface area contributed by atoms with Gasteiger partial charge in [0.2, 0.25) is 5.91 Å². The summed E-state index contributed by atoms with van der Waals surface area (Å²) in [6, 6.07) is 23.8. The Bertz CT molecular complexity index is 1300. The number of fused-ring (bicyclic) bond motifs is 1. The van der Waals surface area contributed by atoms with Crippen LogP contribution >= 0.6 is 0 Å². The van der Waals surface area contributed by atoms with E-state index in [-0.39, 0.29) is 25.5 Å². The maximum Gasteiger partial charge on any atom is 0.338 e. The van der Waals surface area contributed by atoms with Gasteiger partial charge in [0.05, 0.1) is 36.2 Å². The summed E-state index contributed by atoms with van der Waals surface area (Å²) in [7, 11) is 0. The number of aliphatic hydroxyl groups is 1. The van der Waals surface area contributed by atoms with Gasteiger partial charge in [-0.15, -0.1) is 0 Å². The molecule has 0 saturated heterocycles. The van der Waals surface area contributed by atoms with Gasteiger partial charge in [0.15, 0.2) is 0 Å². The SMILES string of the molecule is CCOC(=O)c1ccc(OCC(O)Cn2c(CC(=O)NCc3ccccc3)nc3ccccc32)cc1. The molecule has 1 amide bonds. The van der Waals surface area contributed by atoms with Crippen LogP contribution in [-0.2, 0) is 29.0 Å². The van der Waals surface area contributed by atoms with Crippen LogP contribution in [-0.4, -0.2) is 45.9 Å². The minimum atomic E-state index is -0.849. The molecule has 4 rings (SSSR count). The fourth-order valence-electron chi connectivity index (χ4n) is 3.82. The number of para-hydroxylation sites is 2. The van der Waals surface area contributed by atoms with Crippen LogP contribution in [0, 0.1) is 0 Å². The van der Waals surface area contributed by atoms with Gasteiger partial charge in [-0.05, 0) is 48.9 Å². The fourth-order valence-corrected chi connectivity index (χ4v) is 3.82. The van der Waals surface area contributed by atoms with Gasteiger partial charge in [-0.1, -0.05) is 42.5 Å². The van der Waals surface area contributed by atoms with Gasteiger partial charge in [0, 0.05) is 6.54 Å². The van der Waals surface area contributed by atoms with E-state index in [1.54, 1.807) is 31.2 Å². The molecule has 0 fully saturated rings. The monoisotopic (exact) mass is 487 g/mol. The van der Waals surface area contributed by atoms with Crippen LogP contribution in [0.3, 0.4) is 0 Å². The molecule has 8 heteroatoms. The summed E-state index contributed by atoms with van der Waals surface area (Å²) < 4.78 is 12.6. The number of imidazole rings is 1. The highest BCUT2D eigenvalue weighted by molar-refractivity contribution is 5.89. The average molecular weight is 488 g/mol. The number of esters is 1. The van der Waals surface area contributed by atoms with Gasteiger partial charge in [-0.3, -0.25) is 4.79 Å². The molecular weight excluding hydrogens is 458 g/mol. The summed E-state index contributed by atoms with van der Waals surface area (Å²) in [5.41, 5.74) is 3.04. The van der Waals surface area contributed by atoms with Crippen molar-refractivity contribution in [3.05, 3.63) is 95.8 Å². The number of amides is 1. The summed E-state index contributed by atoms with van der Waals surface area (Å²) in [4.78, 5) is 29.1. The number of aliphatic hydroxyl groups excluding tert-OH is 1. The highest BCUT2D eigenvalue weighted by Gasteiger charge is 2.17. The second-order valence-corrected chi connectivity index (χ2v) is 8.28. The average Bonchev–Trinajstić information content (AvgIpc) is 3.23. The Morgan fingerprint density at radius 3 is 2.47 bits per heavy atom. The third kappa shape index (κ3) is 6.49. The van der Waals surface area contributed by atoms with Crippen LogP contribution in [0.4, 0.5) is 0 Å². The second kappa shape index (κ2) is 12.0. The lowest BCUT2D eigenvalue weighted by molar-refractivity contribution is -0.120. The number of carbonyl (C=O) groups is 2. The quantitative estimate of drug-likeness (QED) is 0.314. The molecule has 1 unspecified atom stereocenters. The topological polar surface area (TPSA) is 103 Å². The van der Waals surface area contributed by atoms with Gasteiger partial charge in [0.25, 0.3) is 0 Å². The molecule has 0 bridgehead atoms. The third-order valence-electron chi connectivity index (χ3n) is 5.59. The molecule has 0 aliphatic carbocycles. The first-order chi connectivity index (χ1) is 17.5. The predicted molar refractivity (Wildman–Crippen MR) is 136 cm³/mol. The lowest BCUT2D eigenvalue weighted by Gasteiger charge is -2.16. The van der Waals surface area contributed by atoms with E-state index in [1.165, 1.54) is 0 Å². The number of hydrogen-bond acceptors (Lipinski definition) is 6. The summed E-state index contributed by atoms with van der Waals surface area (Å²) in [5, 5.41) is 13.6. The van der Waals surface area contributed by atoms with E-state index >= 15 is 0 Å². The number of rotatable bonds is 11. The number of carbonyl (C=O) groups excluding carboxylic acids is 2. The molecule has 1 atom stereocenters. The van der Waals surface area contributed by atoms with Crippen LogP contribution in [0.1, 0.15) is 28.7 Å². The number of benzene rings is 3. The van der Waals surface area contributed by atoms with Gasteiger partial charge >= 0.3 is 5.97 Å². The van der Waals surface area contributed by atoms with Crippen molar-refractivity contribution < 1.29 is 24.2 Å². The lowest BCUT2D eigenvalue weighted by Crippen LogP contribution is -2.28. The van der Waals surface area contributed by atoms with Crippen LogP contribution < -0.4 is 10.1 Å². The van der Waals surface area contributed by atoms with Gasteiger partial charge in [-0.25, -0.2) is 9.78 Å². The molecule has 1 heterocycles. The minimum Gasteiger partial charge on any atom is -0.491 e. The Balaban J connectivity index is 1.39. The van der Waals surface area contributed by atoms with E-state index in [0.717, 1.165) is 16.6 Å². The zero-order chi connectivity index (χ0) is 25.3. The van der Waals surface area contributed by atoms with Crippen molar-refractivity contribution >= 4 is 22.9 Å². The maximum atomic E-state index is 12.6. The number of nitrogens with zero attached hydrogens (tertiary/aromatic N) is 2. The molecule has 0 saturated carbocycles. The number of aromatic nitrogens is 2. The van der Waals surface area contributed by atoms with Crippen molar-refractivity contribution in [2.75, 3.05) is 13.2 Å². The Morgan fingerprint density at radius 1 is 1.00 bits per heavy atom. The first-order valence-corrected chi connectivity index (χ1v) is 11.9. The standard InChI is InChI=1S/C28H29N3O5/c1-2-35-28(34)21-12-14-23(15-13-21)36-19-22(32)18-31-25-11-7-6-10-24(25)30-26(31)16-27(33)29-17-20-8-4-3-5-9-20/h3-15,22,32H,2,16-19H2,1H3,(H,29,33). The molecule has 3 aromatic carbocycles. The normalized spacial score (nSPS) is 11.7. The molecule has 1 aromatic heterocycles. The zero-order valence-corrected chi connectivity index (χ0v) is 20.1. The van der Waals surface area contributed by atoms with E-state index < -0.39 is 12.1 Å². The van der Waals surface area contributed by atoms with Crippen LogP contribution in [0.2, 0.25) is 0 Å². The molecule has 0 aliphatic rings. The maximum absolute atomic E-state index is 12.6. The Kier molecular flexibility index (Phi) is 8.31. The molecule has 0 radical (unpaired) electrons. The number of ether oxygens (including phenoxy) is 2. The second-order valence-electron chi connectivity index (χ2n) is 8.28. The summed E-state index contributed by atoms with van der Waals surface area (Å²) >= 11 is 0. The highest BCUT2D eigenvalue weighted by atomic mass is 16.5. The summed E-state index contributed by atoms with van der Waals surface area (Å²) in [6.07, 6.45) is -0.761. The highest BCUT2D eigenvalue weighted by Crippen LogP contribution is 2.18. The minimum absolute atomic E-state index is 0.0326. The predicted octanol–water partition coefficient (Wildman–Crippen LogP) is 3.51. The van der Waals surface area contributed by atoms with Crippen LogP contribution in [0.25, 0.3) is 11.0 Å². The molecule has 0 spiro atoms. The molecular formula is C28H29N3O5. The van der Waals surface area contributed by atoms with Crippen LogP contribution in [0.15, 0.2) is 78.9 Å². The fraction of sp³-hybridized carbons (Fsp3) is 0.250. The molecule has 36 heavy (non-hydrogen) atoms. The van der Waals surface area contributed by atoms with Gasteiger partial charge in [0.1, 0.15) is 24.3 Å². The molecule has 186 valence electrons. The van der Waals surface area contributed by atoms with E-state index in [4.69, 9.17) is 9.47 Å². The van der Waals surface area contributed by atoms with E-state index in [1.807, 2.05) is 59.2 Å². The molecule has 0 aliphatic heterocycles. The lowest BCUT2D eigenvalue weighted by atomic mass is 10.2. The van der Waals surface area contributed by atoms with E-state index in [2.05, 4.69) is 10.3 Å². The van der Waals surface area contributed by atoms with Crippen molar-refractivity contribution in [3.8, 4) is 5.75 Å². The van der Waals surface area contributed by atoms with Gasteiger partial charge in [-0.2, -0.15) is 0 Å². The Morgan fingerprint density at radius 2 is 1.72 bits per heavy atom. The van der Waals surface area contributed by atoms with Crippen molar-refractivity contribution in [1.82, 2.24) is 14.9 Å². The summed E-state index contributed by atoms with van der Waals surface area (Å²) in [5.74, 6) is 0.553. The van der Waals surface area contributed by atoms with Crippen molar-refractivity contribution in [3.63, 3.8) is 0 Å². The first kappa shape index (κ1) is 24.9. The smallest absolute Gasteiger partial charge is 0.338 e. The Hall–Kier alpha value is -4.17. The zero-order valence-electron chi connectivity index (χ0n) is 20.1. The van der Waals surface area contributed by atoms with Crippen LogP contribution in [0.5, 0.6) is 5.75 Å². The van der Waals surface area contributed by atoms with E-state index in [0.29, 0.717) is 30.3 Å². The number of nitrogens with one attached hydrogen (secondary N) is 1.